The number of fused-ring (bicyclic) bond motifs is 2. The van der Waals surface area contributed by atoms with E-state index < -0.39 is 0 Å². The van der Waals surface area contributed by atoms with Crippen LogP contribution in [0.15, 0.2) is 30.3 Å². The third-order valence-electron chi connectivity index (χ3n) is 5.38. The van der Waals surface area contributed by atoms with Crippen molar-refractivity contribution in [2.45, 2.75) is 31.0 Å². The molecule has 0 saturated carbocycles. The number of hydrogen-bond acceptors (Lipinski definition) is 5. The molecule has 1 N–H and O–H groups in total. The smallest absolute Gasteiger partial charge is 0.261 e. The van der Waals surface area contributed by atoms with Gasteiger partial charge in [0.05, 0.1) is 24.0 Å². The second-order valence-electron chi connectivity index (χ2n) is 7.61. The first-order valence-electron chi connectivity index (χ1n) is 9.35. The van der Waals surface area contributed by atoms with Crippen LogP contribution in [-0.4, -0.2) is 73.6 Å². The molecular weight excluding hydrogens is 362 g/mol. The maximum absolute atomic E-state index is 12.7. The molecule has 2 fully saturated rings. The van der Waals surface area contributed by atoms with E-state index in [9.17, 15) is 9.59 Å². The van der Waals surface area contributed by atoms with E-state index in [2.05, 4.69) is 10.2 Å². The first-order chi connectivity index (χ1) is 13.0. The number of thiophene rings is 1. The summed E-state index contributed by atoms with van der Waals surface area (Å²) in [5, 5.41) is 4.29. The van der Waals surface area contributed by atoms with E-state index in [0.29, 0.717) is 19.1 Å². The molecule has 1 aromatic heterocycles. The number of amides is 2. The number of nitrogens with one attached hydrogen (secondary N) is 1. The Bertz CT molecular complexity index is 817. The Balaban J connectivity index is 1.34. The average molecular weight is 388 g/mol. The lowest BCUT2D eigenvalue weighted by Crippen LogP contribution is -2.47. The number of morpholine rings is 1. The van der Waals surface area contributed by atoms with Crippen molar-refractivity contribution in [3.8, 4) is 0 Å². The first-order valence-corrected chi connectivity index (χ1v) is 10.2. The van der Waals surface area contributed by atoms with Gasteiger partial charge < -0.3 is 15.0 Å². The minimum absolute atomic E-state index is 0.00120. The third kappa shape index (κ3) is 4.00. The van der Waals surface area contributed by atoms with E-state index >= 15 is 0 Å². The molecule has 0 spiro atoms. The summed E-state index contributed by atoms with van der Waals surface area (Å²) < 4.78 is 7.02. The van der Waals surface area contributed by atoms with Crippen LogP contribution in [-0.2, 0) is 9.53 Å². The lowest BCUT2D eigenvalue weighted by Gasteiger charge is -2.35. The molecule has 3 heterocycles. The van der Waals surface area contributed by atoms with Gasteiger partial charge in [0, 0.05) is 44.0 Å². The van der Waals surface area contributed by atoms with E-state index in [1.54, 1.807) is 19.0 Å². The predicted molar refractivity (Wildman–Crippen MR) is 106 cm³/mol. The summed E-state index contributed by atoms with van der Waals surface area (Å²) in [5.74, 6) is 0.0913. The predicted octanol–water partition coefficient (Wildman–Crippen LogP) is 1.95. The molecule has 2 amide bonds. The van der Waals surface area contributed by atoms with Crippen LogP contribution < -0.4 is 5.32 Å². The quantitative estimate of drug-likeness (QED) is 0.871. The average Bonchev–Trinajstić information content (AvgIpc) is 3.24. The highest BCUT2D eigenvalue weighted by Gasteiger charge is 2.38. The molecule has 27 heavy (non-hydrogen) atoms. The van der Waals surface area contributed by atoms with Crippen LogP contribution in [0.2, 0.25) is 0 Å². The summed E-state index contributed by atoms with van der Waals surface area (Å²) in [6.45, 7) is 2.19. The minimum atomic E-state index is -0.0619. The summed E-state index contributed by atoms with van der Waals surface area (Å²) in [4.78, 5) is 29.3. The molecule has 2 saturated heterocycles. The van der Waals surface area contributed by atoms with Crippen LogP contribution in [0.3, 0.4) is 0 Å². The first kappa shape index (κ1) is 18.4. The van der Waals surface area contributed by atoms with Crippen LogP contribution in [0.1, 0.15) is 22.5 Å². The fourth-order valence-electron chi connectivity index (χ4n) is 3.90. The molecule has 144 valence electrons. The molecular formula is C20H25N3O3S. The summed E-state index contributed by atoms with van der Waals surface area (Å²) in [5.41, 5.74) is 0. The Morgan fingerprint density at radius 1 is 1.30 bits per heavy atom. The standard InChI is InChI=1S/C20H25N3O3S/c1-22(2)19(24)9-16-11-23-10-14(8-15(23)12-26-16)21-20(25)18-7-13-5-3-4-6-17(13)27-18/h3-7,14-16H,8-12H2,1-2H3,(H,21,25)/t14-,15+,16+/m1/s1. The van der Waals surface area contributed by atoms with Crippen molar-refractivity contribution in [2.75, 3.05) is 33.8 Å². The van der Waals surface area contributed by atoms with Gasteiger partial charge in [0.15, 0.2) is 0 Å². The number of carbonyl (C=O) groups is 2. The lowest BCUT2D eigenvalue weighted by molar-refractivity contribution is -0.134. The van der Waals surface area contributed by atoms with Crippen molar-refractivity contribution in [1.29, 1.82) is 0 Å². The molecule has 2 aliphatic rings. The number of nitrogens with zero attached hydrogens (tertiary/aromatic N) is 2. The topological polar surface area (TPSA) is 61.9 Å². The maximum Gasteiger partial charge on any atom is 0.261 e. The van der Waals surface area contributed by atoms with Gasteiger partial charge in [0.25, 0.3) is 5.91 Å². The Hall–Kier alpha value is -1.96. The van der Waals surface area contributed by atoms with Crippen LogP contribution in [0.4, 0.5) is 0 Å². The van der Waals surface area contributed by atoms with Crippen molar-refractivity contribution in [1.82, 2.24) is 15.1 Å². The molecule has 2 aliphatic heterocycles. The van der Waals surface area contributed by atoms with Crippen LogP contribution in [0.5, 0.6) is 0 Å². The van der Waals surface area contributed by atoms with Gasteiger partial charge in [-0.1, -0.05) is 18.2 Å². The van der Waals surface area contributed by atoms with Crippen LogP contribution in [0.25, 0.3) is 10.1 Å². The number of carbonyl (C=O) groups excluding carboxylic acids is 2. The van der Waals surface area contributed by atoms with Crippen LogP contribution >= 0.6 is 11.3 Å². The van der Waals surface area contributed by atoms with E-state index in [1.807, 2.05) is 30.3 Å². The van der Waals surface area contributed by atoms with E-state index in [0.717, 1.165) is 34.5 Å². The number of hydrogen-bond donors (Lipinski definition) is 1. The summed E-state index contributed by atoms with van der Waals surface area (Å²) in [6, 6.07) is 10.5. The normalized spacial score (nSPS) is 25.3. The maximum atomic E-state index is 12.7. The second-order valence-corrected chi connectivity index (χ2v) is 8.69. The zero-order valence-electron chi connectivity index (χ0n) is 15.7. The summed E-state index contributed by atoms with van der Waals surface area (Å²) in [7, 11) is 3.53. The third-order valence-corrected chi connectivity index (χ3v) is 6.49. The number of benzene rings is 1. The van der Waals surface area contributed by atoms with Gasteiger partial charge in [-0.15, -0.1) is 11.3 Å². The Morgan fingerprint density at radius 2 is 2.11 bits per heavy atom. The monoisotopic (exact) mass is 387 g/mol. The molecule has 3 atom stereocenters. The molecule has 0 aliphatic carbocycles. The lowest BCUT2D eigenvalue weighted by atomic mass is 10.1. The number of ether oxygens (including phenoxy) is 1. The summed E-state index contributed by atoms with van der Waals surface area (Å²) in [6.07, 6.45) is 1.24. The molecule has 7 heteroatoms. The van der Waals surface area contributed by atoms with Gasteiger partial charge in [0.2, 0.25) is 5.91 Å². The minimum Gasteiger partial charge on any atom is -0.375 e. The second kappa shape index (κ2) is 7.58. The molecule has 6 nitrogen and oxygen atoms in total. The fourth-order valence-corrected chi connectivity index (χ4v) is 4.86. The van der Waals surface area contributed by atoms with Gasteiger partial charge in [-0.05, 0) is 23.9 Å². The zero-order chi connectivity index (χ0) is 19.0. The highest BCUT2D eigenvalue weighted by atomic mass is 32.1. The van der Waals surface area contributed by atoms with Gasteiger partial charge in [-0.2, -0.15) is 0 Å². The molecule has 1 aromatic carbocycles. The van der Waals surface area contributed by atoms with Crippen molar-refractivity contribution in [2.24, 2.45) is 0 Å². The van der Waals surface area contributed by atoms with Gasteiger partial charge >= 0.3 is 0 Å². The molecule has 2 aromatic rings. The van der Waals surface area contributed by atoms with Gasteiger partial charge in [-0.3, -0.25) is 14.5 Å². The zero-order valence-corrected chi connectivity index (χ0v) is 16.5. The molecule has 0 bridgehead atoms. The fraction of sp³-hybridized carbons (Fsp3) is 0.500. The van der Waals surface area contributed by atoms with Crippen molar-refractivity contribution >= 4 is 33.2 Å². The largest absolute Gasteiger partial charge is 0.375 e. The van der Waals surface area contributed by atoms with Gasteiger partial charge in [-0.25, -0.2) is 0 Å². The van der Waals surface area contributed by atoms with Gasteiger partial charge in [0.1, 0.15) is 0 Å². The van der Waals surface area contributed by atoms with Crippen molar-refractivity contribution < 1.29 is 14.3 Å². The Morgan fingerprint density at radius 3 is 2.89 bits per heavy atom. The van der Waals surface area contributed by atoms with Crippen LogP contribution in [0, 0.1) is 0 Å². The molecule has 4 rings (SSSR count). The van der Waals surface area contributed by atoms with Crippen molar-refractivity contribution in [3.05, 3.63) is 35.2 Å². The Labute approximate surface area is 163 Å². The highest BCUT2D eigenvalue weighted by molar-refractivity contribution is 7.20. The molecule has 0 radical (unpaired) electrons. The number of rotatable bonds is 4. The highest BCUT2D eigenvalue weighted by Crippen LogP contribution is 2.27. The van der Waals surface area contributed by atoms with E-state index in [1.165, 1.54) is 11.3 Å². The van der Waals surface area contributed by atoms with Crippen molar-refractivity contribution in [3.63, 3.8) is 0 Å². The van der Waals surface area contributed by atoms with E-state index in [-0.39, 0.29) is 24.0 Å². The van der Waals surface area contributed by atoms with E-state index in [4.69, 9.17) is 4.74 Å². The Kier molecular flexibility index (Phi) is 5.16. The summed E-state index contributed by atoms with van der Waals surface area (Å²) >= 11 is 1.53. The SMILES string of the molecule is CN(C)C(=O)C[C@H]1CN2C[C@H](NC(=O)c3cc4ccccc4s3)C[C@H]2CO1. The molecule has 0 unspecified atom stereocenters.